The largest absolute Gasteiger partial charge is 0.493 e. The lowest BCUT2D eigenvalue weighted by molar-refractivity contribution is 0.0672. The Morgan fingerprint density at radius 3 is 2.56 bits per heavy atom. The van der Waals surface area contributed by atoms with Gasteiger partial charge in [-0.1, -0.05) is 30.3 Å². The van der Waals surface area contributed by atoms with E-state index in [0.29, 0.717) is 17.1 Å². The van der Waals surface area contributed by atoms with Gasteiger partial charge >= 0.3 is 0 Å². The van der Waals surface area contributed by atoms with E-state index in [0.717, 1.165) is 25.0 Å². The molecule has 27 heavy (non-hydrogen) atoms. The molecule has 1 aliphatic heterocycles. The Balaban J connectivity index is 1.81. The van der Waals surface area contributed by atoms with Gasteiger partial charge in [0, 0.05) is 12.2 Å². The minimum Gasteiger partial charge on any atom is -0.493 e. The highest BCUT2D eigenvalue weighted by Gasteiger charge is 2.29. The number of methoxy groups -OCH3 is 1. The molecule has 1 saturated heterocycles. The summed E-state index contributed by atoms with van der Waals surface area (Å²) < 4.78 is 17.0. The molecule has 0 aliphatic carbocycles. The number of amides is 1. The summed E-state index contributed by atoms with van der Waals surface area (Å²) in [5.41, 5.74) is 1.58. The highest BCUT2D eigenvalue weighted by molar-refractivity contribution is 5.95. The fourth-order valence-electron chi connectivity index (χ4n) is 3.30. The Hall–Kier alpha value is -2.53. The zero-order valence-electron chi connectivity index (χ0n) is 16.1. The summed E-state index contributed by atoms with van der Waals surface area (Å²) in [5.74, 6) is 1.02. The van der Waals surface area contributed by atoms with E-state index < -0.39 is 0 Å². The molecule has 2 aromatic carbocycles. The van der Waals surface area contributed by atoms with Gasteiger partial charge in [-0.2, -0.15) is 0 Å². The van der Waals surface area contributed by atoms with E-state index in [-0.39, 0.29) is 24.2 Å². The van der Waals surface area contributed by atoms with Crippen LogP contribution < -0.4 is 14.8 Å². The first-order valence-corrected chi connectivity index (χ1v) is 9.40. The van der Waals surface area contributed by atoms with Crippen LogP contribution in [0, 0.1) is 0 Å². The van der Waals surface area contributed by atoms with Crippen LogP contribution in [0.3, 0.4) is 0 Å². The molecule has 1 fully saturated rings. The molecular weight excluding hydrogens is 342 g/mol. The Morgan fingerprint density at radius 1 is 1.15 bits per heavy atom. The molecular formula is C22H27NO4. The fraction of sp³-hybridized carbons (Fsp3) is 0.409. The van der Waals surface area contributed by atoms with E-state index in [1.807, 2.05) is 44.2 Å². The van der Waals surface area contributed by atoms with Crippen molar-refractivity contribution in [2.75, 3.05) is 13.7 Å². The molecule has 0 unspecified atom stereocenters. The molecule has 1 heterocycles. The first kappa shape index (κ1) is 19.2. The number of nitrogens with one attached hydrogen (secondary N) is 1. The van der Waals surface area contributed by atoms with Gasteiger partial charge in [-0.25, -0.2) is 0 Å². The molecule has 5 heteroatoms. The third kappa shape index (κ3) is 4.80. The molecule has 0 bridgehead atoms. The molecule has 1 aliphatic rings. The maximum atomic E-state index is 12.9. The molecule has 144 valence electrons. The van der Waals surface area contributed by atoms with E-state index >= 15 is 0 Å². The van der Waals surface area contributed by atoms with Crippen LogP contribution in [0.4, 0.5) is 0 Å². The van der Waals surface area contributed by atoms with Crippen LogP contribution in [0.15, 0.2) is 48.5 Å². The van der Waals surface area contributed by atoms with Crippen molar-refractivity contribution in [3.63, 3.8) is 0 Å². The van der Waals surface area contributed by atoms with Crippen LogP contribution in [0.5, 0.6) is 11.5 Å². The summed E-state index contributed by atoms with van der Waals surface area (Å²) in [5, 5.41) is 3.14. The number of ether oxygens (including phenoxy) is 3. The number of hydrogen-bond acceptors (Lipinski definition) is 4. The van der Waals surface area contributed by atoms with E-state index in [1.165, 1.54) is 0 Å². The van der Waals surface area contributed by atoms with E-state index in [2.05, 4.69) is 5.32 Å². The van der Waals surface area contributed by atoms with Crippen molar-refractivity contribution in [1.82, 2.24) is 5.32 Å². The maximum Gasteiger partial charge on any atom is 0.251 e. The molecule has 1 amide bonds. The summed E-state index contributed by atoms with van der Waals surface area (Å²) in [6, 6.07) is 15.0. The van der Waals surface area contributed by atoms with Crippen LogP contribution in [-0.2, 0) is 4.74 Å². The average Bonchev–Trinajstić information content (AvgIpc) is 3.21. The molecule has 0 saturated carbocycles. The summed E-state index contributed by atoms with van der Waals surface area (Å²) in [4.78, 5) is 12.9. The number of carbonyl (C=O) groups excluding carboxylic acids is 1. The topological polar surface area (TPSA) is 56.8 Å². The van der Waals surface area contributed by atoms with Crippen molar-refractivity contribution < 1.29 is 19.0 Å². The number of carbonyl (C=O) groups is 1. The van der Waals surface area contributed by atoms with Crippen molar-refractivity contribution in [2.45, 2.75) is 44.9 Å². The lowest BCUT2D eigenvalue weighted by atomic mass is 9.99. The van der Waals surface area contributed by atoms with Crippen LogP contribution >= 0.6 is 0 Å². The van der Waals surface area contributed by atoms with Crippen LogP contribution in [0.25, 0.3) is 0 Å². The van der Waals surface area contributed by atoms with Crippen LogP contribution in [0.1, 0.15) is 48.7 Å². The molecule has 0 aromatic heterocycles. The third-order valence-corrected chi connectivity index (χ3v) is 4.57. The van der Waals surface area contributed by atoms with Gasteiger partial charge in [0.25, 0.3) is 5.91 Å². The lowest BCUT2D eigenvalue weighted by Gasteiger charge is -2.25. The third-order valence-electron chi connectivity index (χ3n) is 4.57. The Kier molecular flexibility index (Phi) is 6.35. The number of rotatable bonds is 7. The molecule has 2 aromatic rings. The second kappa shape index (κ2) is 8.91. The zero-order valence-corrected chi connectivity index (χ0v) is 16.1. The molecule has 0 spiro atoms. The van der Waals surface area contributed by atoms with Gasteiger partial charge in [0.15, 0.2) is 11.5 Å². The van der Waals surface area contributed by atoms with Crippen LogP contribution in [0.2, 0.25) is 0 Å². The SMILES string of the molecule is COc1cc(C(=O)N[C@H](c2ccccc2)[C@@H]2CCCO2)ccc1OC(C)C. The van der Waals surface area contributed by atoms with Crippen LogP contribution in [-0.4, -0.2) is 31.8 Å². The van der Waals surface area contributed by atoms with E-state index in [4.69, 9.17) is 14.2 Å². The predicted molar refractivity (Wildman–Crippen MR) is 104 cm³/mol. The second-order valence-corrected chi connectivity index (χ2v) is 6.95. The maximum absolute atomic E-state index is 12.9. The van der Waals surface area contributed by atoms with Gasteiger partial charge in [-0.3, -0.25) is 4.79 Å². The van der Waals surface area contributed by atoms with Gasteiger partial charge in [-0.05, 0) is 50.5 Å². The molecule has 2 atom stereocenters. The first-order valence-electron chi connectivity index (χ1n) is 9.40. The Bertz CT molecular complexity index is 754. The monoisotopic (exact) mass is 369 g/mol. The minimum atomic E-state index is -0.182. The quantitative estimate of drug-likeness (QED) is 0.797. The molecule has 1 N–H and O–H groups in total. The standard InChI is InChI=1S/C22H27NO4/c1-15(2)27-18-12-11-17(14-20(18)25-3)22(24)23-21(19-10-7-13-26-19)16-8-5-4-6-9-16/h4-6,8-9,11-12,14-15,19,21H,7,10,13H2,1-3H3,(H,23,24)/t19-,21+/m0/s1. The molecule has 5 nitrogen and oxygen atoms in total. The lowest BCUT2D eigenvalue weighted by Crippen LogP contribution is -2.36. The molecule has 3 rings (SSSR count). The summed E-state index contributed by atoms with van der Waals surface area (Å²) in [7, 11) is 1.57. The van der Waals surface area contributed by atoms with Gasteiger partial charge in [0.2, 0.25) is 0 Å². The van der Waals surface area contributed by atoms with Gasteiger partial charge in [0.05, 0.1) is 25.4 Å². The van der Waals surface area contributed by atoms with Crippen molar-refractivity contribution >= 4 is 5.91 Å². The second-order valence-electron chi connectivity index (χ2n) is 6.95. The van der Waals surface area contributed by atoms with Crippen molar-refractivity contribution in [2.24, 2.45) is 0 Å². The van der Waals surface area contributed by atoms with E-state index in [1.54, 1.807) is 25.3 Å². The van der Waals surface area contributed by atoms with Crippen molar-refractivity contribution in [3.05, 3.63) is 59.7 Å². The van der Waals surface area contributed by atoms with Gasteiger partial charge in [-0.15, -0.1) is 0 Å². The van der Waals surface area contributed by atoms with Gasteiger partial charge < -0.3 is 19.5 Å². The Labute approximate surface area is 160 Å². The minimum absolute atomic E-state index is 0.0122. The van der Waals surface area contributed by atoms with E-state index in [9.17, 15) is 4.79 Å². The Morgan fingerprint density at radius 2 is 1.93 bits per heavy atom. The summed E-state index contributed by atoms with van der Waals surface area (Å²) in [6.07, 6.45) is 1.96. The normalized spacial score (nSPS) is 17.6. The average molecular weight is 369 g/mol. The first-order chi connectivity index (χ1) is 13.1. The number of hydrogen-bond donors (Lipinski definition) is 1. The van der Waals surface area contributed by atoms with Crippen molar-refractivity contribution in [3.8, 4) is 11.5 Å². The summed E-state index contributed by atoms with van der Waals surface area (Å²) in [6.45, 7) is 4.64. The zero-order chi connectivity index (χ0) is 19.2. The number of benzene rings is 2. The van der Waals surface area contributed by atoms with Gasteiger partial charge in [0.1, 0.15) is 0 Å². The summed E-state index contributed by atoms with van der Waals surface area (Å²) >= 11 is 0. The highest BCUT2D eigenvalue weighted by Crippen LogP contribution is 2.30. The highest BCUT2D eigenvalue weighted by atomic mass is 16.5. The molecule has 0 radical (unpaired) electrons. The predicted octanol–water partition coefficient (Wildman–Crippen LogP) is 4.13. The fourth-order valence-corrected chi connectivity index (χ4v) is 3.30. The smallest absolute Gasteiger partial charge is 0.251 e. The van der Waals surface area contributed by atoms with Crippen molar-refractivity contribution in [1.29, 1.82) is 0 Å².